The molecular formula is C18H27N3O4. The van der Waals surface area contributed by atoms with E-state index in [4.69, 9.17) is 4.74 Å². The zero-order chi connectivity index (χ0) is 18.7. The number of rotatable bonds is 4. The second-order valence-corrected chi connectivity index (χ2v) is 6.87. The maximum atomic E-state index is 12.9. The number of ether oxygens (including phenoxy) is 1. The summed E-state index contributed by atoms with van der Waals surface area (Å²) in [6.07, 6.45) is 1.69. The largest absolute Gasteiger partial charge is 0.465 e. The monoisotopic (exact) mass is 349 g/mol. The molecule has 2 rings (SSSR count). The number of nitrogens with zero attached hydrogens (tertiary/aromatic N) is 1. The number of amides is 2. The van der Waals surface area contributed by atoms with Crippen LogP contribution in [0.3, 0.4) is 0 Å². The van der Waals surface area contributed by atoms with Crippen LogP contribution in [0.25, 0.3) is 0 Å². The minimum Gasteiger partial charge on any atom is -0.465 e. The van der Waals surface area contributed by atoms with Crippen LogP contribution in [0.4, 0.5) is 0 Å². The highest BCUT2D eigenvalue weighted by atomic mass is 16.5. The van der Waals surface area contributed by atoms with Crippen molar-refractivity contribution in [3.63, 3.8) is 0 Å². The Balaban J connectivity index is 2.15. The molecule has 1 saturated heterocycles. The Morgan fingerprint density at radius 3 is 2.56 bits per heavy atom. The molecule has 1 aromatic rings. The van der Waals surface area contributed by atoms with Crippen LogP contribution in [-0.2, 0) is 9.53 Å². The standard InChI is InChI=1S/C18H27N3O4/c1-10(2)16(22)20-13-7-6-8-21(9-13)17(23)15-11(3)14(12(4)19-15)18(24)25-5/h10,13,19H,6-9H2,1-5H3,(H,20,22). The molecule has 25 heavy (non-hydrogen) atoms. The predicted molar refractivity (Wildman–Crippen MR) is 93.5 cm³/mol. The van der Waals surface area contributed by atoms with Crippen molar-refractivity contribution in [2.75, 3.05) is 20.2 Å². The van der Waals surface area contributed by atoms with Crippen LogP contribution in [0.15, 0.2) is 0 Å². The average molecular weight is 349 g/mol. The SMILES string of the molecule is COC(=O)c1c(C)[nH]c(C(=O)N2CCCC(NC(=O)C(C)C)C2)c1C. The van der Waals surface area contributed by atoms with Gasteiger partial charge in [0.2, 0.25) is 5.91 Å². The second-order valence-electron chi connectivity index (χ2n) is 6.87. The number of aromatic amines is 1. The van der Waals surface area contributed by atoms with E-state index < -0.39 is 5.97 Å². The summed E-state index contributed by atoms with van der Waals surface area (Å²) in [4.78, 5) is 41.4. The van der Waals surface area contributed by atoms with E-state index in [1.165, 1.54) is 7.11 Å². The first kappa shape index (κ1) is 19.0. The molecule has 1 atom stereocenters. The highest BCUT2D eigenvalue weighted by molar-refractivity contribution is 6.00. The lowest BCUT2D eigenvalue weighted by atomic mass is 10.0. The number of methoxy groups -OCH3 is 1. The van der Waals surface area contributed by atoms with Gasteiger partial charge in [0.05, 0.1) is 12.7 Å². The number of carbonyl (C=O) groups excluding carboxylic acids is 3. The smallest absolute Gasteiger partial charge is 0.339 e. The van der Waals surface area contributed by atoms with Crippen LogP contribution >= 0.6 is 0 Å². The van der Waals surface area contributed by atoms with Gasteiger partial charge in [0.1, 0.15) is 5.69 Å². The fraction of sp³-hybridized carbons (Fsp3) is 0.611. The Morgan fingerprint density at radius 1 is 1.28 bits per heavy atom. The Morgan fingerprint density at radius 2 is 1.96 bits per heavy atom. The normalized spacial score (nSPS) is 17.5. The van der Waals surface area contributed by atoms with E-state index in [-0.39, 0.29) is 23.8 Å². The Hall–Kier alpha value is -2.31. The van der Waals surface area contributed by atoms with Gasteiger partial charge < -0.3 is 19.9 Å². The Bertz CT molecular complexity index is 678. The van der Waals surface area contributed by atoms with Crippen molar-refractivity contribution in [2.45, 2.75) is 46.6 Å². The lowest BCUT2D eigenvalue weighted by Crippen LogP contribution is -2.50. The van der Waals surface area contributed by atoms with Crippen molar-refractivity contribution in [1.82, 2.24) is 15.2 Å². The van der Waals surface area contributed by atoms with Crippen molar-refractivity contribution in [3.05, 3.63) is 22.5 Å². The number of carbonyl (C=O) groups is 3. The molecule has 0 bridgehead atoms. The van der Waals surface area contributed by atoms with Gasteiger partial charge in [0, 0.05) is 30.7 Å². The van der Waals surface area contributed by atoms with E-state index in [0.717, 1.165) is 12.8 Å². The molecule has 0 aliphatic carbocycles. The Labute approximate surface area is 148 Å². The summed E-state index contributed by atoms with van der Waals surface area (Å²) in [5.41, 5.74) is 2.04. The van der Waals surface area contributed by atoms with E-state index in [0.29, 0.717) is 35.6 Å². The molecule has 2 heterocycles. The molecule has 0 aromatic carbocycles. The second kappa shape index (κ2) is 7.72. The molecule has 7 heteroatoms. The summed E-state index contributed by atoms with van der Waals surface area (Å²) in [7, 11) is 1.32. The third kappa shape index (κ3) is 4.03. The minimum absolute atomic E-state index is 0.000764. The van der Waals surface area contributed by atoms with Crippen LogP contribution in [0, 0.1) is 19.8 Å². The van der Waals surface area contributed by atoms with Crippen molar-refractivity contribution >= 4 is 17.8 Å². The first-order valence-corrected chi connectivity index (χ1v) is 8.63. The van der Waals surface area contributed by atoms with Gasteiger partial charge >= 0.3 is 5.97 Å². The first-order chi connectivity index (χ1) is 11.8. The first-order valence-electron chi connectivity index (χ1n) is 8.63. The van der Waals surface area contributed by atoms with E-state index in [1.54, 1.807) is 18.7 Å². The molecule has 2 amide bonds. The fourth-order valence-corrected chi connectivity index (χ4v) is 3.18. The molecule has 1 aromatic heterocycles. The van der Waals surface area contributed by atoms with Crippen LogP contribution in [-0.4, -0.2) is 53.9 Å². The van der Waals surface area contributed by atoms with Gasteiger partial charge in [-0.1, -0.05) is 13.8 Å². The van der Waals surface area contributed by atoms with Crippen molar-refractivity contribution in [3.8, 4) is 0 Å². The van der Waals surface area contributed by atoms with Gasteiger partial charge in [-0.3, -0.25) is 9.59 Å². The van der Waals surface area contributed by atoms with Crippen LogP contribution < -0.4 is 5.32 Å². The maximum absolute atomic E-state index is 12.9. The zero-order valence-corrected chi connectivity index (χ0v) is 15.6. The Kier molecular flexibility index (Phi) is 5.87. The van der Waals surface area contributed by atoms with Crippen LogP contribution in [0.2, 0.25) is 0 Å². The average Bonchev–Trinajstić information content (AvgIpc) is 2.88. The number of H-pyrrole nitrogens is 1. The van der Waals surface area contributed by atoms with E-state index in [9.17, 15) is 14.4 Å². The van der Waals surface area contributed by atoms with E-state index in [2.05, 4.69) is 10.3 Å². The van der Waals surface area contributed by atoms with Gasteiger partial charge in [-0.05, 0) is 32.3 Å². The number of aromatic nitrogens is 1. The number of aryl methyl sites for hydroxylation is 1. The number of likely N-dealkylation sites (tertiary alicyclic amines) is 1. The number of piperidine rings is 1. The fourth-order valence-electron chi connectivity index (χ4n) is 3.18. The van der Waals surface area contributed by atoms with Crippen molar-refractivity contribution < 1.29 is 19.1 Å². The zero-order valence-electron chi connectivity index (χ0n) is 15.6. The third-order valence-electron chi connectivity index (χ3n) is 4.62. The van der Waals surface area contributed by atoms with Crippen LogP contribution in [0.5, 0.6) is 0 Å². The topological polar surface area (TPSA) is 91.5 Å². The summed E-state index contributed by atoms with van der Waals surface area (Å²) in [5.74, 6) is -0.688. The van der Waals surface area contributed by atoms with Gasteiger partial charge in [-0.25, -0.2) is 4.79 Å². The summed E-state index contributed by atoms with van der Waals surface area (Å²) in [6, 6.07) is -0.0379. The summed E-state index contributed by atoms with van der Waals surface area (Å²) in [5, 5.41) is 3.00. The van der Waals surface area contributed by atoms with E-state index in [1.807, 2.05) is 13.8 Å². The highest BCUT2D eigenvalue weighted by Gasteiger charge is 2.29. The van der Waals surface area contributed by atoms with Crippen molar-refractivity contribution in [2.24, 2.45) is 5.92 Å². The predicted octanol–water partition coefficient (Wildman–Crippen LogP) is 1.79. The number of esters is 1. The maximum Gasteiger partial charge on any atom is 0.339 e. The van der Waals surface area contributed by atoms with Gasteiger partial charge in [0.25, 0.3) is 5.91 Å². The highest BCUT2D eigenvalue weighted by Crippen LogP contribution is 2.22. The molecular weight excluding hydrogens is 322 g/mol. The molecule has 0 radical (unpaired) electrons. The molecule has 0 saturated carbocycles. The van der Waals surface area contributed by atoms with Gasteiger partial charge in [-0.15, -0.1) is 0 Å². The molecule has 1 fully saturated rings. The van der Waals surface area contributed by atoms with Gasteiger partial charge in [-0.2, -0.15) is 0 Å². The lowest BCUT2D eigenvalue weighted by Gasteiger charge is -2.33. The quantitative estimate of drug-likeness (QED) is 0.811. The molecule has 7 nitrogen and oxygen atoms in total. The molecule has 0 spiro atoms. The molecule has 138 valence electrons. The molecule has 1 aliphatic rings. The van der Waals surface area contributed by atoms with Gasteiger partial charge in [0.15, 0.2) is 0 Å². The summed E-state index contributed by atoms with van der Waals surface area (Å²) in [6.45, 7) is 8.30. The molecule has 1 aliphatic heterocycles. The molecule has 2 N–H and O–H groups in total. The number of nitrogens with one attached hydrogen (secondary N) is 2. The summed E-state index contributed by atoms with van der Waals surface area (Å²) < 4.78 is 4.79. The minimum atomic E-state index is -0.453. The van der Waals surface area contributed by atoms with E-state index >= 15 is 0 Å². The summed E-state index contributed by atoms with van der Waals surface area (Å²) >= 11 is 0. The number of hydrogen-bond donors (Lipinski definition) is 2. The van der Waals surface area contributed by atoms with Crippen molar-refractivity contribution in [1.29, 1.82) is 0 Å². The van der Waals surface area contributed by atoms with Crippen LogP contribution in [0.1, 0.15) is 58.8 Å². The lowest BCUT2D eigenvalue weighted by molar-refractivity contribution is -0.125. The third-order valence-corrected chi connectivity index (χ3v) is 4.62. The number of hydrogen-bond acceptors (Lipinski definition) is 4. The molecule has 1 unspecified atom stereocenters.